The fourth-order valence-corrected chi connectivity index (χ4v) is 5.52. The van der Waals surface area contributed by atoms with Crippen molar-refractivity contribution in [2.75, 3.05) is 6.61 Å². The highest BCUT2D eigenvalue weighted by Crippen LogP contribution is 2.31. The molecule has 4 aromatic rings. The summed E-state index contributed by atoms with van der Waals surface area (Å²) in [6.45, 7) is 3.56. The average molecular weight is 580 g/mol. The monoisotopic (exact) mass is 579 g/mol. The molecule has 0 radical (unpaired) electrons. The van der Waals surface area contributed by atoms with Crippen molar-refractivity contribution in [3.63, 3.8) is 0 Å². The van der Waals surface area contributed by atoms with Crippen molar-refractivity contribution in [1.29, 1.82) is 0 Å². The Kier molecular flexibility index (Phi) is 7.67. The normalized spacial score (nSPS) is 15.0. The first-order valence-electron chi connectivity index (χ1n) is 12.2. The lowest BCUT2D eigenvalue weighted by Gasteiger charge is -2.24. The molecule has 40 heavy (non-hydrogen) atoms. The van der Waals surface area contributed by atoms with Crippen LogP contribution in [0, 0.1) is 10.1 Å². The molecule has 1 aliphatic rings. The average Bonchev–Trinajstić information content (AvgIpc) is 3.51. The van der Waals surface area contributed by atoms with Crippen molar-refractivity contribution in [2.24, 2.45) is 4.99 Å². The highest BCUT2D eigenvalue weighted by Gasteiger charge is 2.33. The molecule has 0 amide bonds. The first kappa shape index (κ1) is 27.1. The second-order valence-electron chi connectivity index (χ2n) is 8.67. The Bertz CT molecular complexity index is 1820. The zero-order valence-corrected chi connectivity index (χ0v) is 22.9. The molecule has 0 fully saturated rings. The van der Waals surface area contributed by atoms with E-state index in [0.29, 0.717) is 32.1 Å². The van der Waals surface area contributed by atoms with E-state index in [4.69, 9.17) is 25.5 Å². The van der Waals surface area contributed by atoms with Crippen LogP contribution < -0.4 is 19.6 Å². The number of allylic oxidation sites excluding steroid dienone is 1. The number of thiazole rings is 1. The van der Waals surface area contributed by atoms with E-state index in [1.807, 2.05) is 30.3 Å². The van der Waals surface area contributed by atoms with Crippen molar-refractivity contribution in [3.05, 3.63) is 124 Å². The summed E-state index contributed by atoms with van der Waals surface area (Å²) in [7, 11) is 0. The minimum absolute atomic E-state index is 0.0503. The van der Waals surface area contributed by atoms with Gasteiger partial charge < -0.3 is 13.9 Å². The molecular weight excluding hydrogens is 558 g/mol. The van der Waals surface area contributed by atoms with Gasteiger partial charge in [-0.25, -0.2) is 9.79 Å². The van der Waals surface area contributed by atoms with Crippen molar-refractivity contribution >= 4 is 40.7 Å². The van der Waals surface area contributed by atoms with Gasteiger partial charge in [-0.3, -0.25) is 19.5 Å². The summed E-state index contributed by atoms with van der Waals surface area (Å²) in [4.78, 5) is 42.3. The lowest BCUT2D eigenvalue weighted by Crippen LogP contribution is -2.39. The van der Waals surface area contributed by atoms with Gasteiger partial charge in [0.15, 0.2) is 10.6 Å². The first-order chi connectivity index (χ1) is 19.3. The number of hydrogen-bond acceptors (Lipinski definition) is 9. The number of hydrogen-bond donors (Lipinski definition) is 0. The van der Waals surface area contributed by atoms with Gasteiger partial charge in [0.2, 0.25) is 0 Å². The van der Waals surface area contributed by atoms with Gasteiger partial charge in [-0.15, -0.1) is 0 Å². The number of aromatic nitrogens is 1. The number of benzene rings is 2. The van der Waals surface area contributed by atoms with Crippen LogP contribution in [0.4, 0.5) is 5.69 Å². The molecular formula is C28H22ClN3O7S. The third-order valence-electron chi connectivity index (χ3n) is 6.08. The number of carbonyl (C=O) groups is 1. The number of rotatable bonds is 8. The van der Waals surface area contributed by atoms with E-state index in [1.54, 1.807) is 32.1 Å². The molecule has 0 N–H and O–H groups in total. The molecule has 0 bridgehead atoms. The lowest BCUT2D eigenvalue weighted by atomic mass is 9.96. The molecule has 12 heteroatoms. The summed E-state index contributed by atoms with van der Waals surface area (Å²) < 4.78 is 18.5. The largest absolute Gasteiger partial charge is 0.479 e. The summed E-state index contributed by atoms with van der Waals surface area (Å²) in [5.74, 6) is 0.302. The summed E-state index contributed by atoms with van der Waals surface area (Å²) in [6.07, 6.45) is 1.59. The number of esters is 1. The minimum atomic E-state index is -0.700. The Hall–Kier alpha value is -4.48. The number of nitrogens with zero attached hydrogens (tertiary/aromatic N) is 3. The third-order valence-corrected chi connectivity index (χ3v) is 7.29. The molecule has 204 valence electrons. The Balaban J connectivity index is 1.48. The molecule has 0 spiro atoms. The second-order valence-corrected chi connectivity index (χ2v) is 10.1. The maximum atomic E-state index is 13.6. The summed E-state index contributed by atoms with van der Waals surface area (Å²) >= 11 is 7.03. The van der Waals surface area contributed by atoms with Crippen LogP contribution in [0.3, 0.4) is 0 Å². The standard InChI is InChI=1S/C28H22ClN3O7S/c1-3-37-27(34)24-16(2)30-28-31(25(24)17-7-5-4-6-8-17)26(33)23(40-28)14-19-10-11-20(39-19)15-38-22-12-9-18(29)13-21(22)32(35)36/h4-14,25H,3,15H2,1-2H3/b23-14-/t25-/m1/s1. The van der Waals surface area contributed by atoms with Gasteiger partial charge in [-0.2, -0.15) is 0 Å². The molecule has 2 aromatic heterocycles. The van der Waals surface area contributed by atoms with E-state index in [2.05, 4.69) is 4.99 Å². The smallest absolute Gasteiger partial charge is 0.338 e. The molecule has 0 aliphatic carbocycles. The Morgan fingerprint density at radius 1 is 1.23 bits per heavy atom. The number of nitro groups is 1. The van der Waals surface area contributed by atoms with Crippen LogP contribution in [-0.4, -0.2) is 22.1 Å². The first-order valence-corrected chi connectivity index (χ1v) is 13.4. The zero-order chi connectivity index (χ0) is 28.4. The molecule has 1 atom stereocenters. The minimum Gasteiger partial charge on any atom is -0.479 e. The van der Waals surface area contributed by atoms with Gasteiger partial charge in [-0.05, 0) is 43.7 Å². The fraction of sp³-hybridized carbons (Fsp3) is 0.179. The summed E-state index contributed by atoms with van der Waals surface area (Å²) in [6, 6.07) is 16.0. The van der Waals surface area contributed by atoms with Crippen LogP contribution in [0.5, 0.6) is 5.75 Å². The molecule has 10 nitrogen and oxygen atoms in total. The van der Waals surface area contributed by atoms with Crippen molar-refractivity contribution in [2.45, 2.75) is 26.5 Å². The molecule has 1 aliphatic heterocycles. The molecule has 2 aromatic carbocycles. The Labute approximate surface area is 236 Å². The maximum Gasteiger partial charge on any atom is 0.338 e. The number of furan rings is 1. The number of fused-ring (bicyclic) bond motifs is 1. The molecule has 5 rings (SSSR count). The van der Waals surface area contributed by atoms with Crippen molar-refractivity contribution in [1.82, 2.24) is 4.57 Å². The van der Waals surface area contributed by atoms with Gasteiger partial charge in [-0.1, -0.05) is 53.3 Å². The van der Waals surface area contributed by atoms with Crippen LogP contribution in [0.25, 0.3) is 6.08 Å². The highest BCUT2D eigenvalue weighted by atomic mass is 35.5. The fourth-order valence-electron chi connectivity index (χ4n) is 4.33. The van der Waals surface area contributed by atoms with E-state index >= 15 is 0 Å². The van der Waals surface area contributed by atoms with E-state index in [1.165, 1.54) is 34.1 Å². The number of ether oxygens (including phenoxy) is 2. The summed E-state index contributed by atoms with van der Waals surface area (Å²) in [5, 5.41) is 11.5. The topological polar surface area (TPSA) is 126 Å². The zero-order valence-electron chi connectivity index (χ0n) is 21.3. The molecule has 0 saturated heterocycles. The van der Waals surface area contributed by atoms with E-state index in [-0.39, 0.29) is 35.2 Å². The second kappa shape index (κ2) is 11.3. The van der Waals surface area contributed by atoms with Crippen LogP contribution in [0.15, 0.2) is 86.1 Å². The van der Waals surface area contributed by atoms with E-state index in [9.17, 15) is 19.7 Å². The Morgan fingerprint density at radius 3 is 2.73 bits per heavy atom. The van der Waals surface area contributed by atoms with Crippen LogP contribution in [-0.2, 0) is 16.1 Å². The summed E-state index contributed by atoms with van der Waals surface area (Å²) in [5.41, 5.74) is 0.944. The molecule has 3 heterocycles. The predicted molar refractivity (Wildman–Crippen MR) is 148 cm³/mol. The van der Waals surface area contributed by atoms with Gasteiger partial charge >= 0.3 is 11.7 Å². The quantitative estimate of drug-likeness (QED) is 0.170. The van der Waals surface area contributed by atoms with E-state index < -0.39 is 16.9 Å². The van der Waals surface area contributed by atoms with Crippen LogP contribution in [0.2, 0.25) is 5.02 Å². The van der Waals surface area contributed by atoms with Gasteiger partial charge in [0.25, 0.3) is 5.56 Å². The van der Waals surface area contributed by atoms with Gasteiger partial charge in [0.05, 0.1) is 33.4 Å². The lowest BCUT2D eigenvalue weighted by molar-refractivity contribution is -0.385. The van der Waals surface area contributed by atoms with Crippen LogP contribution >= 0.6 is 22.9 Å². The number of carbonyl (C=O) groups excluding carboxylic acids is 1. The number of halogens is 1. The molecule has 0 saturated carbocycles. The Morgan fingerprint density at radius 2 is 2.00 bits per heavy atom. The third kappa shape index (κ3) is 5.33. The van der Waals surface area contributed by atoms with Crippen molar-refractivity contribution in [3.8, 4) is 5.75 Å². The SMILES string of the molecule is CCOC(=O)C1=C(C)N=c2s/c(=C\c3ccc(COc4ccc(Cl)cc4[N+](=O)[O-])o3)c(=O)n2[C@@H]1c1ccccc1. The van der Waals surface area contributed by atoms with Gasteiger partial charge in [0.1, 0.15) is 18.1 Å². The van der Waals surface area contributed by atoms with Gasteiger partial charge in [0, 0.05) is 17.2 Å². The number of nitro benzene ring substituents is 1. The van der Waals surface area contributed by atoms with Crippen LogP contribution in [0.1, 0.15) is 37.0 Å². The predicted octanol–water partition coefficient (Wildman–Crippen LogP) is 4.53. The highest BCUT2D eigenvalue weighted by molar-refractivity contribution is 7.07. The van der Waals surface area contributed by atoms with Crippen molar-refractivity contribution < 1.29 is 23.6 Å². The maximum absolute atomic E-state index is 13.6. The van der Waals surface area contributed by atoms with E-state index in [0.717, 1.165) is 5.56 Å². The molecule has 0 unspecified atom stereocenters.